The zero-order chi connectivity index (χ0) is 14.9. The molecule has 0 aliphatic heterocycles. The largest absolute Gasteiger partial charge is 0.388 e. The first-order valence-electron chi connectivity index (χ1n) is 6.61. The fraction of sp³-hybridized carbons (Fsp3) is 0.571. The lowest BCUT2D eigenvalue weighted by molar-refractivity contribution is 0.0824. The molecule has 20 heavy (non-hydrogen) atoms. The highest BCUT2D eigenvalue weighted by molar-refractivity contribution is 7.91. The number of halogens is 2. The summed E-state index contributed by atoms with van der Waals surface area (Å²) in [6, 6.07) is 3.05. The van der Waals surface area contributed by atoms with Gasteiger partial charge in [-0.2, -0.15) is 0 Å². The Kier molecular flexibility index (Phi) is 4.44. The molecular formula is C14H18F2O3S. The standard InChI is InChI=1S/C14H18F2O3S/c1-20(18,19)11-4-2-3-9(7-11)14(17)12-6-5-10(15)8-13(12)16/h5-6,8-9,11,14,17H,2-4,7H2,1H3. The van der Waals surface area contributed by atoms with E-state index in [4.69, 9.17) is 0 Å². The molecule has 0 spiro atoms. The molecule has 0 saturated heterocycles. The molecule has 6 heteroatoms. The summed E-state index contributed by atoms with van der Waals surface area (Å²) in [5.41, 5.74) is 0.0329. The third-order valence-electron chi connectivity index (χ3n) is 4.00. The molecule has 112 valence electrons. The molecule has 2 rings (SSSR count). The van der Waals surface area contributed by atoms with Gasteiger partial charge in [-0.1, -0.05) is 12.5 Å². The second kappa shape index (κ2) is 5.77. The molecule has 1 aliphatic rings. The van der Waals surface area contributed by atoms with Gasteiger partial charge in [0.05, 0.1) is 11.4 Å². The Bertz CT molecular complexity index is 586. The van der Waals surface area contributed by atoms with Crippen LogP contribution in [0.5, 0.6) is 0 Å². The van der Waals surface area contributed by atoms with Gasteiger partial charge in [0, 0.05) is 17.9 Å². The van der Waals surface area contributed by atoms with Crippen molar-refractivity contribution in [3.05, 3.63) is 35.4 Å². The summed E-state index contributed by atoms with van der Waals surface area (Å²) in [4.78, 5) is 0. The minimum atomic E-state index is -3.16. The quantitative estimate of drug-likeness (QED) is 0.934. The van der Waals surface area contributed by atoms with Gasteiger partial charge in [-0.25, -0.2) is 17.2 Å². The Balaban J connectivity index is 2.18. The van der Waals surface area contributed by atoms with Crippen LogP contribution in [0.4, 0.5) is 8.78 Å². The van der Waals surface area contributed by atoms with Crippen LogP contribution in [0.3, 0.4) is 0 Å². The zero-order valence-electron chi connectivity index (χ0n) is 11.2. The molecule has 1 aromatic carbocycles. The van der Waals surface area contributed by atoms with Gasteiger partial charge in [-0.05, 0) is 31.2 Å². The van der Waals surface area contributed by atoms with E-state index >= 15 is 0 Å². The summed E-state index contributed by atoms with van der Waals surface area (Å²) in [7, 11) is -3.16. The Morgan fingerprint density at radius 3 is 2.60 bits per heavy atom. The summed E-state index contributed by atoms with van der Waals surface area (Å²) < 4.78 is 49.7. The molecule has 1 N–H and O–H groups in total. The van der Waals surface area contributed by atoms with Crippen LogP contribution in [0.2, 0.25) is 0 Å². The van der Waals surface area contributed by atoms with Crippen LogP contribution in [-0.2, 0) is 9.84 Å². The molecule has 0 aromatic heterocycles. The molecule has 0 heterocycles. The highest BCUT2D eigenvalue weighted by atomic mass is 32.2. The number of rotatable bonds is 3. The van der Waals surface area contributed by atoms with Crippen LogP contribution in [0.15, 0.2) is 18.2 Å². The Morgan fingerprint density at radius 1 is 1.30 bits per heavy atom. The maximum atomic E-state index is 13.7. The van der Waals surface area contributed by atoms with E-state index in [9.17, 15) is 22.3 Å². The third kappa shape index (κ3) is 3.35. The molecule has 1 aliphatic carbocycles. The van der Waals surface area contributed by atoms with Crippen molar-refractivity contribution >= 4 is 9.84 Å². The molecule has 3 atom stereocenters. The molecule has 0 amide bonds. The van der Waals surface area contributed by atoms with Crippen LogP contribution >= 0.6 is 0 Å². The molecule has 0 bridgehead atoms. The topological polar surface area (TPSA) is 54.4 Å². The van der Waals surface area contributed by atoms with Crippen LogP contribution in [0.1, 0.15) is 37.4 Å². The fourth-order valence-corrected chi connectivity index (χ4v) is 4.04. The maximum Gasteiger partial charge on any atom is 0.150 e. The van der Waals surface area contributed by atoms with E-state index in [1.54, 1.807) is 0 Å². The van der Waals surface area contributed by atoms with Crippen LogP contribution in [-0.4, -0.2) is 25.0 Å². The lowest BCUT2D eigenvalue weighted by atomic mass is 9.82. The number of aliphatic hydroxyl groups is 1. The van der Waals surface area contributed by atoms with Crippen LogP contribution in [0.25, 0.3) is 0 Å². The van der Waals surface area contributed by atoms with E-state index in [1.807, 2.05) is 0 Å². The first-order chi connectivity index (χ1) is 9.29. The van der Waals surface area contributed by atoms with Crippen molar-refractivity contribution < 1.29 is 22.3 Å². The highest BCUT2D eigenvalue weighted by Gasteiger charge is 2.33. The van der Waals surface area contributed by atoms with E-state index < -0.39 is 32.8 Å². The monoisotopic (exact) mass is 304 g/mol. The first kappa shape index (κ1) is 15.4. The summed E-state index contributed by atoms with van der Waals surface area (Å²) in [5, 5.41) is 9.76. The average molecular weight is 304 g/mol. The number of aliphatic hydroxyl groups excluding tert-OH is 1. The summed E-state index contributed by atoms with van der Waals surface area (Å²) in [6.07, 6.45) is 2.31. The Hall–Kier alpha value is -1.01. The van der Waals surface area contributed by atoms with Gasteiger partial charge in [-0.3, -0.25) is 0 Å². The molecular weight excluding hydrogens is 286 g/mol. The van der Waals surface area contributed by atoms with E-state index in [1.165, 1.54) is 12.3 Å². The fourth-order valence-electron chi connectivity index (χ4n) is 2.85. The van der Waals surface area contributed by atoms with E-state index in [0.29, 0.717) is 25.7 Å². The van der Waals surface area contributed by atoms with Gasteiger partial charge >= 0.3 is 0 Å². The molecule has 0 radical (unpaired) electrons. The van der Waals surface area contributed by atoms with Crippen LogP contribution < -0.4 is 0 Å². The normalized spacial score (nSPS) is 25.4. The third-order valence-corrected chi connectivity index (χ3v) is 5.64. The van der Waals surface area contributed by atoms with Gasteiger partial charge in [0.2, 0.25) is 0 Å². The minimum Gasteiger partial charge on any atom is -0.388 e. The van der Waals surface area contributed by atoms with Crippen molar-refractivity contribution in [2.45, 2.75) is 37.0 Å². The zero-order valence-corrected chi connectivity index (χ0v) is 12.0. The van der Waals surface area contributed by atoms with Crippen molar-refractivity contribution in [3.8, 4) is 0 Å². The Labute approximate surface area is 117 Å². The van der Waals surface area contributed by atoms with Crippen molar-refractivity contribution in [1.82, 2.24) is 0 Å². The maximum absolute atomic E-state index is 13.7. The van der Waals surface area contributed by atoms with E-state index in [0.717, 1.165) is 12.1 Å². The van der Waals surface area contributed by atoms with E-state index in [2.05, 4.69) is 0 Å². The van der Waals surface area contributed by atoms with Gasteiger partial charge in [0.15, 0.2) is 0 Å². The van der Waals surface area contributed by atoms with E-state index in [-0.39, 0.29) is 11.5 Å². The van der Waals surface area contributed by atoms with Gasteiger partial charge in [-0.15, -0.1) is 0 Å². The molecule has 3 nitrogen and oxygen atoms in total. The van der Waals surface area contributed by atoms with Crippen molar-refractivity contribution in [2.75, 3.05) is 6.26 Å². The summed E-state index contributed by atoms with van der Waals surface area (Å²) in [6.45, 7) is 0. The molecule has 1 aromatic rings. The predicted molar refractivity (Wildman–Crippen MR) is 71.9 cm³/mol. The Morgan fingerprint density at radius 2 is 2.00 bits per heavy atom. The number of benzene rings is 1. The smallest absolute Gasteiger partial charge is 0.150 e. The average Bonchev–Trinajstić information content (AvgIpc) is 2.37. The summed E-state index contributed by atoms with van der Waals surface area (Å²) in [5.74, 6) is -1.81. The SMILES string of the molecule is CS(=O)(=O)C1CCCC(C(O)c2ccc(F)cc2F)C1. The number of hydrogen-bond donors (Lipinski definition) is 1. The lowest BCUT2D eigenvalue weighted by Crippen LogP contribution is -2.30. The van der Waals surface area contributed by atoms with Gasteiger partial charge < -0.3 is 5.11 Å². The lowest BCUT2D eigenvalue weighted by Gasteiger charge is -2.31. The van der Waals surface area contributed by atoms with Gasteiger partial charge in [0.1, 0.15) is 21.5 Å². The van der Waals surface area contributed by atoms with Gasteiger partial charge in [0.25, 0.3) is 0 Å². The highest BCUT2D eigenvalue weighted by Crippen LogP contribution is 2.37. The second-order valence-corrected chi connectivity index (χ2v) is 7.81. The first-order valence-corrected chi connectivity index (χ1v) is 8.56. The van der Waals surface area contributed by atoms with Crippen molar-refractivity contribution in [2.24, 2.45) is 5.92 Å². The van der Waals surface area contributed by atoms with Crippen molar-refractivity contribution in [3.63, 3.8) is 0 Å². The molecule has 1 saturated carbocycles. The number of hydrogen-bond acceptors (Lipinski definition) is 3. The predicted octanol–water partition coefficient (Wildman–Crippen LogP) is 2.60. The molecule has 3 unspecified atom stereocenters. The molecule has 1 fully saturated rings. The second-order valence-electron chi connectivity index (χ2n) is 5.49. The van der Waals surface area contributed by atoms with Crippen LogP contribution in [0, 0.1) is 17.6 Å². The summed E-state index contributed by atoms with van der Waals surface area (Å²) >= 11 is 0. The number of sulfone groups is 1. The minimum absolute atomic E-state index is 0.0329. The van der Waals surface area contributed by atoms with Crippen molar-refractivity contribution in [1.29, 1.82) is 0 Å².